The van der Waals surface area contributed by atoms with Crippen molar-refractivity contribution in [2.45, 2.75) is 10.4 Å². The van der Waals surface area contributed by atoms with Gasteiger partial charge in [0.05, 0.1) is 0 Å². The number of amides is 1. The first-order valence-corrected chi connectivity index (χ1v) is 6.70. The third-order valence-corrected chi connectivity index (χ3v) is 3.43. The van der Waals surface area contributed by atoms with Crippen molar-refractivity contribution < 1.29 is 18.0 Å². The van der Waals surface area contributed by atoms with E-state index in [1.807, 2.05) is 0 Å². The highest BCUT2D eigenvalue weighted by Gasteiger charge is 2.29. The normalized spacial score (nSPS) is 11.3. The SMILES string of the molecule is O=C(Nc1nccs1)c1ccc(SC(F)(F)F)cc1. The van der Waals surface area contributed by atoms with Crippen LogP contribution in [0.25, 0.3) is 0 Å². The number of rotatable bonds is 3. The first kappa shape index (κ1) is 13.9. The molecule has 2 rings (SSSR count). The number of halogens is 3. The van der Waals surface area contributed by atoms with E-state index < -0.39 is 11.4 Å². The quantitative estimate of drug-likeness (QED) is 0.871. The molecule has 0 saturated heterocycles. The average Bonchev–Trinajstić information content (AvgIpc) is 2.80. The van der Waals surface area contributed by atoms with Crippen LogP contribution < -0.4 is 5.32 Å². The predicted molar refractivity (Wildman–Crippen MR) is 68.4 cm³/mol. The number of carbonyl (C=O) groups excluding carboxylic acids is 1. The van der Waals surface area contributed by atoms with Gasteiger partial charge in [-0.2, -0.15) is 13.2 Å². The number of anilines is 1. The first-order chi connectivity index (χ1) is 8.94. The number of nitrogens with zero attached hydrogens (tertiary/aromatic N) is 1. The zero-order chi connectivity index (χ0) is 13.9. The molecule has 0 aliphatic rings. The van der Waals surface area contributed by atoms with Gasteiger partial charge in [-0.3, -0.25) is 10.1 Å². The zero-order valence-corrected chi connectivity index (χ0v) is 10.9. The van der Waals surface area contributed by atoms with Crippen LogP contribution in [0.3, 0.4) is 0 Å². The molecule has 8 heteroatoms. The number of hydrogen-bond acceptors (Lipinski definition) is 4. The summed E-state index contributed by atoms with van der Waals surface area (Å²) in [5.74, 6) is -0.404. The molecule has 0 spiro atoms. The molecule has 1 amide bonds. The van der Waals surface area contributed by atoms with E-state index in [1.54, 1.807) is 11.6 Å². The number of thiazole rings is 1. The second kappa shape index (κ2) is 5.62. The Morgan fingerprint density at radius 3 is 2.47 bits per heavy atom. The van der Waals surface area contributed by atoms with Crippen molar-refractivity contribution in [2.75, 3.05) is 5.32 Å². The number of alkyl halides is 3. The largest absolute Gasteiger partial charge is 0.446 e. The highest BCUT2D eigenvalue weighted by atomic mass is 32.2. The molecule has 0 fully saturated rings. The molecule has 3 nitrogen and oxygen atoms in total. The van der Waals surface area contributed by atoms with Crippen molar-refractivity contribution in [3.05, 3.63) is 41.4 Å². The molecule has 1 aromatic heterocycles. The number of nitrogens with one attached hydrogen (secondary N) is 1. The lowest BCUT2D eigenvalue weighted by Crippen LogP contribution is -2.11. The minimum Gasteiger partial charge on any atom is -0.298 e. The van der Waals surface area contributed by atoms with Crippen LogP contribution in [0.15, 0.2) is 40.7 Å². The Bertz CT molecular complexity index is 552. The van der Waals surface area contributed by atoms with Crippen LogP contribution >= 0.6 is 23.1 Å². The average molecular weight is 304 g/mol. The number of aromatic nitrogens is 1. The van der Waals surface area contributed by atoms with Crippen LogP contribution in [0.2, 0.25) is 0 Å². The van der Waals surface area contributed by atoms with E-state index in [1.165, 1.54) is 35.6 Å². The van der Waals surface area contributed by atoms with E-state index in [0.29, 0.717) is 5.13 Å². The van der Waals surface area contributed by atoms with Gasteiger partial charge in [0.25, 0.3) is 5.91 Å². The summed E-state index contributed by atoms with van der Waals surface area (Å²) in [7, 11) is 0. The van der Waals surface area contributed by atoms with Gasteiger partial charge in [-0.15, -0.1) is 11.3 Å². The van der Waals surface area contributed by atoms with E-state index in [0.717, 1.165) is 0 Å². The Kier molecular flexibility index (Phi) is 4.11. The van der Waals surface area contributed by atoms with E-state index in [-0.39, 0.29) is 22.2 Å². The fraction of sp³-hybridized carbons (Fsp3) is 0.0909. The molecule has 2 aromatic rings. The van der Waals surface area contributed by atoms with Gasteiger partial charge in [0.1, 0.15) is 0 Å². The summed E-state index contributed by atoms with van der Waals surface area (Å²) >= 11 is 1.05. The van der Waals surface area contributed by atoms with E-state index in [4.69, 9.17) is 0 Å². The zero-order valence-electron chi connectivity index (χ0n) is 9.27. The molecule has 0 saturated carbocycles. The van der Waals surface area contributed by atoms with Crippen molar-refractivity contribution >= 4 is 34.1 Å². The number of carbonyl (C=O) groups is 1. The number of thioether (sulfide) groups is 1. The highest BCUT2D eigenvalue weighted by molar-refractivity contribution is 8.00. The molecule has 1 heterocycles. The fourth-order valence-corrected chi connectivity index (χ4v) is 2.33. The van der Waals surface area contributed by atoms with Gasteiger partial charge in [0, 0.05) is 22.0 Å². The Morgan fingerprint density at radius 2 is 1.95 bits per heavy atom. The van der Waals surface area contributed by atoms with Crippen LogP contribution in [-0.4, -0.2) is 16.4 Å². The van der Waals surface area contributed by atoms with Crippen LogP contribution in [0.5, 0.6) is 0 Å². The molecular weight excluding hydrogens is 297 g/mol. The van der Waals surface area contributed by atoms with Gasteiger partial charge in [0.2, 0.25) is 0 Å². The molecular formula is C11H7F3N2OS2. The van der Waals surface area contributed by atoms with Gasteiger partial charge in [-0.05, 0) is 36.0 Å². The lowest BCUT2D eigenvalue weighted by atomic mass is 10.2. The number of hydrogen-bond donors (Lipinski definition) is 1. The summed E-state index contributed by atoms with van der Waals surface area (Å²) in [6, 6.07) is 5.21. The molecule has 0 aliphatic heterocycles. The fourth-order valence-electron chi connectivity index (χ4n) is 1.26. The summed E-state index contributed by atoms with van der Waals surface area (Å²) in [5, 5.41) is 4.70. The summed E-state index contributed by atoms with van der Waals surface area (Å²) in [5.41, 5.74) is -4.05. The van der Waals surface area contributed by atoms with Gasteiger partial charge in [-0.1, -0.05) is 0 Å². The van der Waals surface area contributed by atoms with Crippen LogP contribution in [0.1, 0.15) is 10.4 Å². The van der Waals surface area contributed by atoms with Crippen LogP contribution in [0.4, 0.5) is 18.3 Å². The van der Waals surface area contributed by atoms with Crippen molar-refractivity contribution in [1.29, 1.82) is 0 Å². The van der Waals surface area contributed by atoms with Crippen LogP contribution in [-0.2, 0) is 0 Å². The topological polar surface area (TPSA) is 42.0 Å². The maximum atomic E-state index is 12.1. The first-order valence-electron chi connectivity index (χ1n) is 5.01. The van der Waals surface area contributed by atoms with Gasteiger partial charge >= 0.3 is 5.51 Å². The molecule has 0 atom stereocenters. The molecule has 100 valence electrons. The molecule has 0 aliphatic carbocycles. The monoisotopic (exact) mass is 304 g/mol. The smallest absolute Gasteiger partial charge is 0.298 e. The van der Waals surface area contributed by atoms with E-state index in [9.17, 15) is 18.0 Å². The Balaban J connectivity index is 2.04. The summed E-state index contributed by atoms with van der Waals surface area (Å²) in [4.78, 5) is 15.7. The molecule has 0 radical (unpaired) electrons. The summed E-state index contributed by atoms with van der Waals surface area (Å²) < 4.78 is 36.4. The predicted octanol–water partition coefficient (Wildman–Crippen LogP) is 4.01. The lowest BCUT2D eigenvalue weighted by molar-refractivity contribution is -0.0328. The van der Waals surface area contributed by atoms with E-state index >= 15 is 0 Å². The standard InChI is InChI=1S/C11H7F3N2OS2/c12-11(13,14)19-8-3-1-7(2-4-8)9(17)16-10-15-5-6-18-10/h1-6H,(H,15,16,17). The summed E-state index contributed by atoms with van der Waals surface area (Å²) in [6.45, 7) is 0. The third kappa shape index (κ3) is 4.25. The lowest BCUT2D eigenvalue weighted by Gasteiger charge is -2.06. The number of benzene rings is 1. The summed E-state index contributed by atoms with van der Waals surface area (Å²) in [6.07, 6.45) is 1.54. The molecule has 1 N–H and O–H groups in total. The third-order valence-electron chi connectivity index (χ3n) is 2.00. The second-order valence-corrected chi connectivity index (χ2v) is 5.40. The maximum absolute atomic E-state index is 12.1. The molecule has 0 unspecified atom stereocenters. The van der Waals surface area contributed by atoms with E-state index in [2.05, 4.69) is 10.3 Å². The van der Waals surface area contributed by atoms with Crippen molar-refractivity contribution in [3.63, 3.8) is 0 Å². The van der Waals surface area contributed by atoms with Gasteiger partial charge in [0.15, 0.2) is 5.13 Å². The van der Waals surface area contributed by atoms with Crippen molar-refractivity contribution in [1.82, 2.24) is 4.98 Å². The maximum Gasteiger partial charge on any atom is 0.446 e. The minimum atomic E-state index is -4.33. The second-order valence-electron chi connectivity index (χ2n) is 3.36. The molecule has 19 heavy (non-hydrogen) atoms. The molecule has 1 aromatic carbocycles. The van der Waals surface area contributed by atoms with Crippen molar-refractivity contribution in [3.8, 4) is 0 Å². The van der Waals surface area contributed by atoms with Crippen molar-refractivity contribution in [2.24, 2.45) is 0 Å². The Hall–Kier alpha value is -1.54. The Morgan fingerprint density at radius 1 is 1.26 bits per heavy atom. The van der Waals surface area contributed by atoms with Crippen LogP contribution in [0, 0.1) is 0 Å². The molecule has 0 bridgehead atoms. The van der Waals surface area contributed by atoms with Gasteiger partial charge < -0.3 is 0 Å². The highest BCUT2D eigenvalue weighted by Crippen LogP contribution is 2.36. The minimum absolute atomic E-state index is 0.0401. The Labute approximate surface area is 114 Å². The van der Waals surface area contributed by atoms with Gasteiger partial charge in [-0.25, -0.2) is 4.98 Å².